The van der Waals surface area contributed by atoms with E-state index >= 15 is 0 Å². The fourth-order valence-corrected chi connectivity index (χ4v) is 2.77. The molecule has 1 aromatic carbocycles. The molecule has 118 valence electrons. The quantitative estimate of drug-likeness (QED) is 0.817. The maximum atomic E-state index is 12.1. The molecule has 0 aliphatic carbocycles. The van der Waals surface area contributed by atoms with Gasteiger partial charge >= 0.3 is 5.97 Å². The van der Waals surface area contributed by atoms with E-state index < -0.39 is 16.0 Å². The van der Waals surface area contributed by atoms with Crippen molar-refractivity contribution in [2.45, 2.75) is 44.4 Å². The zero-order valence-corrected chi connectivity index (χ0v) is 13.8. The van der Waals surface area contributed by atoms with Crippen LogP contribution in [0.3, 0.4) is 0 Å². The third-order valence-corrected chi connectivity index (χ3v) is 4.43. The Kier molecular flexibility index (Phi) is 5.92. The molecule has 0 spiro atoms. The highest BCUT2D eigenvalue weighted by Crippen LogP contribution is 2.23. The van der Waals surface area contributed by atoms with Gasteiger partial charge in [0, 0.05) is 6.54 Å². The van der Waals surface area contributed by atoms with Crippen LogP contribution in [-0.4, -0.2) is 27.5 Å². The topological polar surface area (TPSA) is 72.5 Å². The summed E-state index contributed by atoms with van der Waals surface area (Å²) in [6, 6.07) is 6.76. The predicted octanol–water partition coefficient (Wildman–Crippen LogP) is 2.22. The van der Waals surface area contributed by atoms with Gasteiger partial charge in [0.15, 0.2) is 0 Å². The number of hydrogen-bond acceptors (Lipinski definition) is 4. The first-order valence-corrected chi connectivity index (χ1v) is 8.41. The molecule has 0 bridgehead atoms. The summed E-state index contributed by atoms with van der Waals surface area (Å²) in [6.07, 6.45) is 0.0210. The fourth-order valence-electron chi connectivity index (χ4n) is 1.74. The highest BCUT2D eigenvalue weighted by molar-refractivity contribution is 7.89. The third kappa shape index (κ3) is 5.47. The van der Waals surface area contributed by atoms with E-state index in [0.29, 0.717) is 6.61 Å². The van der Waals surface area contributed by atoms with Crippen LogP contribution in [0.4, 0.5) is 0 Å². The van der Waals surface area contributed by atoms with E-state index in [4.69, 9.17) is 4.74 Å². The summed E-state index contributed by atoms with van der Waals surface area (Å²) in [5.41, 5.74) is 1.03. The lowest BCUT2D eigenvalue weighted by Crippen LogP contribution is -2.27. The lowest BCUT2D eigenvalue weighted by atomic mass is 9.87. The largest absolute Gasteiger partial charge is 0.466 e. The molecular formula is C15H23NO4S. The van der Waals surface area contributed by atoms with E-state index in [2.05, 4.69) is 25.5 Å². The van der Waals surface area contributed by atoms with Gasteiger partial charge in [0.25, 0.3) is 0 Å². The van der Waals surface area contributed by atoms with Gasteiger partial charge in [-0.1, -0.05) is 32.9 Å². The van der Waals surface area contributed by atoms with E-state index in [1.165, 1.54) is 0 Å². The first-order valence-electron chi connectivity index (χ1n) is 6.92. The van der Waals surface area contributed by atoms with Crippen LogP contribution >= 0.6 is 0 Å². The van der Waals surface area contributed by atoms with Gasteiger partial charge in [-0.2, -0.15) is 0 Å². The zero-order valence-electron chi connectivity index (χ0n) is 13.0. The minimum Gasteiger partial charge on any atom is -0.466 e. The molecular weight excluding hydrogens is 290 g/mol. The second-order valence-corrected chi connectivity index (χ2v) is 7.49. The number of benzene rings is 1. The van der Waals surface area contributed by atoms with Gasteiger partial charge < -0.3 is 4.74 Å². The molecule has 0 radical (unpaired) electrons. The number of rotatable bonds is 6. The smallest absolute Gasteiger partial charge is 0.307 e. The van der Waals surface area contributed by atoms with Crippen LogP contribution in [0.1, 0.15) is 39.7 Å². The molecule has 0 fully saturated rings. The molecule has 0 aliphatic rings. The molecule has 0 unspecified atom stereocenters. The Balaban J connectivity index is 2.69. The standard InChI is InChI=1S/C15H23NO4S/c1-5-20-14(17)10-11-16-21(18,19)13-8-6-12(7-9-13)15(2,3)4/h6-9,16H,5,10-11H2,1-4H3. The van der Waals surface area contributed by atoms with Gasteiger partial charge in [-0.25, -0.2) is 13.1 Å². The molecule has 0 atom stereocenters. The van der Waals surface area contributed by atoms with Gasteiger partial charge in [-0.05, 0) is 30.0 Å². The van der Waals surface area contributed by atoms with Crippen LogP contribution in [0.15, 0.2) is 29.2 Å². The average Bonchev–Trinajstić information content (AvgIpc) is 2.38. The van der Waals surface area contributed by atoms with Crippen LogP contribution < -0.4 is 4.72 Å². The molecule has 1 rings (SSSR count). The number of carbonyl (C=O) groups excluding carboxylic acids is 1. The first kappa shape index (κ1) is 17.7. The number of ether oxygens (including phenoxy) is 1. The van der Waals surface area contributed by atoms with Crippen molar-refractivity contribution in [3.05, 3.63) is 29.8 Å². The van der Waals surface area contributed by atoms with E-state index in [-0.39, 0.29) is 23.3 Å². The highest BCUT2D eigenvalue weighted by atomic mass is 32.2. The van der Waals surface area contributed by atoms with Crippen LogP contribution in [0.25, 0.3) is 0 Å². The van der Waals surface area contributed by atoms with E-state index in [1.807, 2.05) is 0 Å². The predicted molar refractivity (Wildman–Crippen MR) is 81.6 cm³/mol. The third-order valence-electron chi connectivity index (χ3n) is 2.96. The number of nitrogens with one attached hydrogen (secondary N) is 1. The summed E-state index contributed by atoms with van der Waals surface area (Å²) < 4.78 is 31.3. The van der Waals surface area contributed by atoms with Crippen molar-refractivity contribution in [1.29, 1.82) is 0 Å². The summed E-state index contributed by atoms with van der Waals surface area (Å²) >= 11 is 0. The molecule has 0 aliphatic heterocycles. The summed E-state index contributed by atoms with van der Waals surface area (Å²) in [5, 5.41) is 0. The molecule has 5 nitrogen and oxygen atoms in total. The Morgan fingerprint density at radius 3 is 2.24 bits per heavy atom. The maximum absolute atomic E-state index is 12.1. The molecule has 0 heterocycles. The number of sulfonamides is 1. The lowest BCUT2D eigenvalue weighted by Gasteiger charge is -2.19. The zero-order chi connectivity index (χ0) is 16.1. The Labute approximate surface area is 126 Å². The van der Waals surface area contributed by atoms with E-state index in [9.17, 15) is 13.2 Å². The Morgan fingerprint density at radius 2 is 1.76 bits per heavy atom. The Hall–Kier alpha value is -1.40. The molecule has 1 N–H and O–H groups in total. The molecule has 0 saturated carbocycles. The fraction of sp³-hybridized carbons (Fsp3) is 0.533. The van der Waals surface area contributed by atoms with E-state index in [0.717, 1.165) is 5.56 Å². The second kappa shape index (κ2) is 7.04. The summed E-state index contributed by atoms with van der Waals surface area (Å²) in [6.45, 7) is 8.22. The molecule has 1 aromatic rings. The van der Waals surface area contributed by atoms with Crippen molar-refractivity contribution in [1.82, 2.24) is 4.72 Å². The SMILES string of the molecule is CCOC(=O)CCNS(=O)(=O)c1ccc(C(C)(C)C)cc1. The summed E-state index contributed by atoms with van der Waals surface area (Å²) in [7, 11) is -3.59. The Morgan fingerprint density at radius 1 is 1.19 bits per heavy atom. The normalized spacial score (nSPS) is 12.2. The van der Waals surface area contributed by atoms with Gasteiger partial charge in [0.1, 0.15) is 0 Å². The minimum absolute atomic E-state index is 0.0210. The van der Waals surface area contributed by atoms with Gasteiger partial charge in [0.05, 0.1) is 17.9 Å². The summed E-state index contributed by atoms with van der Waals surface area (Å²) in [4.78, 5) is 11.4. The van der Waals surface area contributed by atoms with Crippen molar-refractivity contribution in [3.8, 4) is 0 Å². The van der Waals surface area contributed by atoms with Crippen molar-refractivity contribution in [2.75, 3.05) is 13.2 Å². The Bertz CT molecular complexity index is 571. The minimum atomic E-state index is -3.59. The molecule has 0 amide bonds. The molecule has 6 heteroatoms. The van der Waals surface area contributed by atoms with Crippen LogP contribution in [0.5, 0.6) is 0 Å². The number of esters is 1. The van der Waals surface area contributed by atoms with Crippen molar-refractivity contribution >= 4 is 16.0 Å². The lowest BCUT2D eigenvalue weighted by molar-refractivity contribution is -0.142. The monoisotopic (exact) mass is 313 g/mol. The molecule has 0 saturated heterocycles. The first-order chi connectivity index (χ1) is 9.66. The maximum Gasteiger partial charge on any atom is 0.307 e. The average molecular weight is 313 g/mol. The molecule has 0 aromatic heterocycles. The van der Waals surface area contributed by atoms with Crippen molar-refractivity contribution < 1.29 is 17.9 Å². The van der Waals surface area contributed by atoms with Crippen molar-refractivity contribution in [3.63, 3.8) is 0 Å². The van der Waals surface area contributed by atoms with Crippen LogP contribution in [0.2, 0.25) is 0 Å². The van der Waals surface area contributed by atoms with E-state index in [1.54, 1.807) is 31.2 Å². The number of carbonyl (C=O) groups is 1. The summed E-state index contributed by atoms with van der Waals surface area (Å²) in [5.74, 6) is -0.414. The second-order valence-electron chi connectivity index (χ2n) is 5.73. The molecule has 21 heavy (non-hydrogen) atoms. The van der Waals surface area contributed by atoms with Gasteiger partial charge in [-0.15, -0.1) is 0 Å². The van der Waals surface area contributed by atoms with Gasteiger partial charge in [-0.3, -0.25) is 4.79 Å². The van der Waals surface area contributed by atoms with Gasteiger partial charge in [0.2, 0.25) is 10.0 Å². The van der Waals surface area contributed by atoms with Crippen LogP contribution in [-0.2, 0) is 25.0 Å². The number of hydrogen-bond donors (Lipinski definition) is 1. The van der Waals surface area contributed by atoms with Crippen molar-refractivity contribution in [2.24, 2.45) is 0 Å². The van der Waals surface area contributed by atoms with Crippen LogP contribution in [0, 0.1) is 0 Å². The highest BCUT2D eigenvalue weighted by Gasteiger charge is 2.17.